The SMILES string of the molecule is C=C(C)C1CC[C@]2(C)CC[C@]3(C)[C@H](CC[C@@H]4[C@@]5(C)CC[C@H](OC(=O)/C=C/c6ccc(O)c(O)c6)C(C)(C)[C@@H]5CC[C@]43C)C12. The van der Waals surface area contributed by atoms with E-state index < -0.39 is 0 Å². The summed E-state index contributed by atoms with van der Waals surface area (Å²) in [6.07, 6.45) is 15.6. The minimum absolute atomic E-state index is 0.103. The second-order valence-corrected chi connectivity index (χ2v) is 17.2. The van der Waals surface area contributed by atoms with Gasteiger partial charge in [0.1, 0.15) is 6.10 Å². The van der Waals surface area contributed by atoms with Crippen LogP contribution in [0, 0.1) is 56.7 Å². The first-order chi connectivity index (χ1) is 20.1. The number of hydrogen-bond donors (Lipinski definition) is 2. The zero-order valence-corrected chi connectivity index (χ0v) is 27.8. The first-order valence-electron chi connectivity index (χ1n) is 17.1. The zero-order valence-electron chi connectivity index (χ0n) is 27.8. The van der Waals surface area contributed by atoms with Crippen molar-refractivity contribution in [2.75, 3.05) is 0 Å². The first-order valence-corrected chi connectivity index (χ1v) is 17.1. The molecule has 10 atom stereocenters. The summed E-state index contributed by atoms with van der Waals surface area (Å²) in [6, 6.07) is 4.54. The number of phenolic OH excluding ortho intramolecular Hbond substituents is 2. The highest BCUT2D eigenvalue weighted by Crippen LogP contribution is 2.77. The topological polar surface area (TPSA) is 66.8 Å². The van der Waals surface area contributed by atoms with E-state index in [-0.39, 0.29) is 34.4 Å². The van der Waals surface area contributed by atoms with E-state index in [0.29, 0.717) is 39.6 Å². The van der Waals surface area contributed by atoms with Crippen molar-refractivity contribution in [2.45, 2.75) is 119 Å². The van der Waals surface area contributed by atoms with Crippen molar-refractivity contribution >= 4 is 12.0 Å². The van der Waals surface area contributed by atoms with Gasteiger partial charge in [-0.25, -0.2) is 4.79 Å². The lowest BCUT2D eigenvalue weighted by Crippen LogP contribution is -2.66. The Kier molecular flexibility index (Phi) is 7.26. The van der Waals surface area contributed by atoms with Crippen LogP contribution >= 0.6 is 0 Å². The number of allylic oxidation sites excluding steroid dienone is 1. The predicted octanol–water partition coefficient (Wildman–Crippen LogP) is 9.70. The third kappa shape index (κ3) is 4.46. The molecule has 6 rings (SSSR count). The van der Waals surface area contributed by atoms with Crippen LogP contribution in [0.3, 0.4) is 0 Å². The van der Waals surface area contributed by atoms with E-state index >= 15 is 0 Å². The molecule has 0 amide bonds. The third-order valence-electron chi connectivity index (χ3n) is 15.1. The van der Waals surface area contributed by atoms with E-state index in [0.717, 1.165) is 24.7 Å². The summed E-state index contributed by atoms with van der Waals surface area (Å²) in [4.78, 5) is 13.0. The molecule has 1 aromatic rings. The molecular weight excluding hydrogens is 532 g/mol. The molecule has 0 aromatic heterocycles. The number of esters is 1. The molecule has 1 aromatic carbocycles. The van der Waals surface area contributed by atoms with Gasteiger partial charge in [0.2, 0.25) is 0 Å². The Morgan fingerprint density at radius 1 is 0.860 bits per heavy atom. The van der Waals surface area contributed by atoms with Gasteiger partial charge < -0.3 is 14.9 Å². The molecule has 4 nitrogen and oxygen atoms in total. The molecule has 0 spiro atoms. The molecule has 43 heavy (non-hydrogen) atoms. The van der Waals surface area contributed by atoms with Crippen molar-refractivity contribution in [3.8, 4) is 11.5 Å². The minimum atomic E-state index is -0.336. The average Bonchev–Trinajstić information content (AvgIpc) is 3.29. The fourth-order valence-electron chi connectivity index (χ4n) is 12.7. The lowest BCUT2D eigenvalue weighted by Gasteiger charge is -2.73. The van der Waals surface area contributed by atoms with E-state index in [9.17, 15) is 15.0 Å². The monoisotopic (exact) mass is 588 g/mol. The van der Waals surface area contributed by atoms with Gasteiger partial charge in [-0.05, 0) is 146 Å². The summed E-state index contributed by atoms with van der Waals surface area (Å²) in [6.45, 7) is 22.1. The number of fused-ring (bicyclic) bond motifs is 7. The average molecular weight is 589 g/mol. The summed E-state index contributed by atoms with van der Waals surface area (Å²) < 4.78 is 6.19. The highest BCUT2D eigenvalue weighted by atomic mass is 16.5. The summed E-state index contributed by atoms with van der Waals surface area (Å²) >= 11 is 0. The van der Waals surface area contributed by atoms with Crippen molar-refractivity contribution in [1.29, 1.82) is 0 Å². The van der Waals surface area contributed by atoms with Crippen molar-refractivity contribution in [2.24, 2.45) is 56.7 Å². The number of rotatable bonds is 4. The summed E-state index contributed by atoms with van der Waals surface area (Å²) in [7, 11) is 0. The van der Waals surface area contributed by atoms with Gasteiger partial charge in [-0.2, -0.15) is 0 Å². The Morgan fingerprint density at radius 3 is 2.30 bits per heavy atom. The van der Waals surface area contributed by atoms with Crippen LogP contribution in [0.25, 0.3) is 6.08 Å². The third-order valence-corrected chi connectivity index (χ3v) is 15.1. The Hall–Kier alpha value is -2.23. The fraction of sp³-hybridized carbons (Fsp3) is 0.718. The molecule has 5 aliphatic rings. The Balaban J connectivity index is 1.22. The van der Waals surface area contributed by atoms with Gasteiger partial charge in [0.15, 0.2) is 11.5 Å². The number of aromatic hydroxyl groups is 2. The van der Waals surface area contributed by atoms with Crippen LogP contribution < -0.4 is 0 Å². The molecule has 0 heterocycles. The second-order valence-electron chi connectivity index (χ2n) is 17.2. The predicted molar refractivity (Wildman–Crippen MR) is 173 cm³/mol. The Bertz CT molecular complexity index is 1330. The van der Waals surface area contributed by atoms with Gasteiger partial charge in [0, 0.05) is 11.5 Å². The van der Waals surface area contributed by atoms with Crippen LogP contribution in [0.4, 0.5) is 0 Å². The van der Waals surface area contributed by atoms with Crippen LogP contribution in [-0.4, -0.2) is 22.3 Å². The molecule has 0 saturated heterocycles. The zero-order chi connectivity index (χ0) is 31.2. The van der Waals surface area contributed by atoms with Crippen LogP contribution in [-0.2, 0) is 9.53 Å². The fourth-order valence-corrected chi connectivity index (χ4v) is 12.7. The van der Waals surface area contributed by atoms with E-state index in [1.807, 2.05) is 0 Å². The number of hydrogen-bond acceptors (Lipinski definition) is 4. The number of phenols is 2. The quantitative estimate of drug-likeness (QED) is 0.159. The van der Waals surface area contributed by atoms with Gasteiger partial charge in [-0.3, -0.25) is 0 Å². The molecular formula is C39H56O4. The standard InChI is InChI=1S/C39H56O4/c1-24(2)26-15-18-36(5)21-22-38(7)27(34(26)36)11-13-31-37(6)19-17-32(35(3,4)30(37)16-20-39(31,38)8)43-33(42)14-10-25-9-12-28(40)29(41)23-25/h9-10,12,14,23,26-27,30-32,34,40-41H,1,11,13,15-22H2,2-8H3/b14-10+/t26?,27-,30+,31-,32+,34?,36-,37+,38-,39-/m1/s1. The summed E-state index contributed by atoms with van der Waals surface area (Å²) in [5.74, 6) is 2.79. The van der Waals surface area contributed by atoms with Crippen molar-refractivity contribution < 1.29 is 19.7 Å². The molecule has 0 radical (unpaired) electrons. The lowest BCUT2D eigenvalue weighted by atomic mass is 9.32. The molecule has 5 fully saturated rings. The van der Waals surface area contributed by atoms with Gasteiger partial charge in [0.05, 0.1) is 0 Å². The van der Waals surface area contributed by atoms with Crippen molar-refractivity contribution in [3.05, 3.63) is 42.0 Å². The van der Waals surface area contributed by atoms with Crippen molar-refractivity contribution in [3.63, 3.8) is 0 Å². The molecule has 0 aliphatic heterocycles. The highest BCUT2D eigenvalue weighted by Gasteiger charge is 2.70. The maximum absolute atomic E-state index is 13.0. The molecule has 4 heteroatoms. The van der Waals surface area contributed by atoms with Crippen LogP contribution in [0.2, 0.25) is 0 Å². The maximum Gasteiger partial charge on any atom is 0.331 e. The van der Waals surface area contributed by atoms with Gasteiger partial charge in [-0.15, -0.1) is 0 Å². The summed E-state index contributed by atoms with van der Waals surface area (Å²) in [5.41, 5.74) is 3.40. The van der Waals surface area contributed by atoms with E-state index in [1.165, 1.54) is 75.1 Å². The maximum atomic E-state index is 13.0. The summed E-state index contributed by atoms with van der Waals surface area (Å²) in [5, 5.41) is 19.4. The lowest BCUT2D eigenvalue weighted by molar-refractivity contribution is -0.248. The van der Waals surface area contributed by atoms with Gasteiger partial charge in [-0.1, -0.05) is 59.8 Å². The van der Waals surface area contributed by atoms with E-state index in [1.54, 1.807) is 12.1 Å². The normalized spacial score (nSPS) is 45.0. The number of ether oxygens (including phenoxy) is 1. The minimum Gasteiger partial charge on any atom is -0.504 e. The Morgan fingerprint density at radius 2 is 1.60 bits per heavy atom. The molecule has 2 unspecified atom stereocenters. The second kappa shape index (κ2) is 10.1. The number of benzene rings is 1. The van der Waals surface area contributed by atoms with Crippen molar-refractivity contribution in [1.82, 2.24) is 0 Å². The van der Waals surface area contributed by atoms with E-state index in [4.69, 9.17) is 4.74 Å². The van der Waals surface area contributed by atoms with E-state index in [2.05, 4.69) is 55.0 Å². The molecule has 5 aliphatic carbocycles. The number of carbonyl (C=O) groups is 1. The Labute approximate surface area is 260 Å². The van der Waals surface area contributed by atoms with Crippen LogP contribution in [0.1, 0.15) is 118 Å². The van der Waals surface area contributed by atoms with Crippen LogP contribution in [0.5, 0.6) is 11.5 Å². The largest absolute Gasteiger partial charge is 0.504 e. The van der Waals surface area contributed by atoms with Gasteiger partial charge >= 0.3 is 5.97 Å². The molecule has 236 valence electrons. The molecule has 5 saturated carbocycles. The first kappa shape index (κ1) is 30.8. The smallest absolute Gasteiger partial charge is 0.331 e. The highest BCUT2D eigenvalue weighted by molar-refractivity contribution is 5.87. The van der Waals surface area contributed by atoms with Crippen LogP contribution in [0.15, 0.2) is 36.4 Å². The van der Waals surface area contributed by atoms with Gasteiger partial charge in [0.25, 0.3) is 0 Å². The molecule has 2 N–H and O–H groups in total. The number of carbonyl (C=O) groups excluding carboxylic acids is 1. The molecule has 0 bridgehead atoms.